The van der Waals surface area contributed by atoms with Crippen molar-refractivity contribution < 1.29 is 4.79 Å². The van der Waals surface area contributed by atoms with Crippen LogP contribution in [0.3, 0.4) is 0 Å². The molecule has 0 radical (unpaired) electrons. The summed E-state index contributed by atoms with van der Waals surface area (Å²) >= 11 is 0. The molecule has 0 bridgehead atoms. The van der Waals surface area contributed by atoms with E-state index in [0.29, 0.717) is 24.7 Å². The van der Waals surface area contributed by atoms with Crippen LogP contribution in [0.2, 0.25) is 0 Å². The number of nitrogens with two attached hydrogens (primary N) is 1. The Morgan fingerprint density at radius 1 is 1.32 bits per heavy atom. The summed E-state index contributed by atoms with van der Waals surface area (Å²) in [6, 6.07) is 0. The minimum absolute atomic E-state index is 0.0140. The maximum atomic E-state index is 11.5. The number of carbonyl (C=O) groups excluding carboxylic acids is 1. The SMILES string of the molecule is Cc1c(N)nc(C(C)(C)C)nc1N1CCNC(=O)C1. The van der Waals surface area contributed by atoms with Gasteiger partial charge in [-0.15, -0.1) is 0 Å². The lowest BCUT2D eigenvalue weighted by molar-refractivity contribution is -0.120. The zero-order valence-corrected chi connectivity index (χ0v) is 11.9. The van der Waals surface area contributed by atoms with Gasteiger partial charge in [0.2, 0.25) is 5.91 Å². The number of rotatable bonds is 1. The fourth-order valence-corrected chi connectivity index (χ4v) is 1.98. The standard InChI is InChI=1S/C13H21N5O/c1-8-10(14)16-12(13(2,3)4)17-11(8)18-6-5-15-9(19)7-18/h5-7H2,1-4H3,(H,15,19)(H2,14,16,17). The van der Waals surface area contributed by atoms with Gasteiger partial charge in [0.05, 0.1) is 6.54 Å². The van der Waals surface area contributed by atoms with E-state index in [1.165, 1.54) is 0 Å². The number of nitrogen functional groups attached to an aromatic ring is 1. The Kier molecular flexibility index (Phi) is 3.34. The summed E-state index contributed by atoms with van der Waals surface area (Å²) in [5.41, 5.74) is 6.64. The van der Waals surface area contributed by atoms with Gasteiger partial charge in [-0.2, -0.15) is 0 Å². The number of amides is 1. The van der Waals surface area contributed by atoms with Crippen LogP contribution < -0.4 is 16.0 Å². The predicted molar refractivity (Wildman–Crippen MR) is 75.1 cm³/mol. The average Bonchev–Trinajstić information content (AvgIpc) is 2.31. The molecule has 104 valence electrons. The van der Waals surface area contributed by atoms with E-state index in [2.05, 4.69) is 15.3 Å². The van der Waals surface area contributed by atoms with Crippen LogP contribution in [-0.2, 0) is 10.2 Å². The number of nitrogens with one attached hydrogen (secondary N) is 1. The van der Waals surface area contributed by atoms with Gasteiger partial charge in [-0.05, 0) is 6.92 Å². The first kappa shape index (κ1) is 13.6. The van der Waals surface area contributed by atoms with Crippen molar-refractivity contribution in [1.82, 2.24) is 15.3 Å². The Balaban J connectivity index is 2.44. The highest BCUT2D eigenvalue weighted by atomic mass is 16.2. The Morgan fingerprint density at radius 2 is 2.00 bits per heavy atom. The third-order valence-electron chi connectivity index (χ3n) is 3.17. The summed E-state index contributed by atoms with van der Waals surface area (Å²) in [6.07, 6.45) is 0. The molecule has 1 amide bonds. The third kappa shape index (κ3) is 2.77. The van der Waals surface area contributed by atoms with Crippen molar-refractivity contribution >= 4 is 17.5 Å². The normalized spacial score (nSPS) is 16.4. The highest BCUT2D eigenvalue weighted by Gasteiger charge is 2.25. The zero-order chi connectivity index (χ0) is 14.2. The van der Waals surface area contributed by atoms with Gasteiger partial charge in [-0.1, -0.05) is 20.8 Å². The van der Waals surface area contributed by atoms with Gasteiger partial charge >= 0.3 is 0 Å². The number of anilines is 2. The first-order chi connectivity index (χ1) is 8.79. The molecule has 1 saturated heterocycles. The minimum Gasteiger partial charge on any atom is -0.383 e. The number of hydrogen-bond acceptors (Lipinski definition) is 5. The van der Waals surface area contributed by atoms with Gasteiger partial charge in [-0.3, -0.25) is 4.79 Å². The van der Waals surface area contributed by atoms with Crippen molar-refractivity contribution in [2.24, 2.45) is 0 Å². The largest absolute Gasteiger partial charge is 0.383 e. The fraction of sp³-hybridized carbons (Fsp3) is 0.615. The van der Waals surface area contributed by atoms with Gasteiger partial charge in [0.15, 0.2) is 0 Å². The quantitative estimate of drug-likeness (QED) is 0.775. The van der Waals surface area contributed by atoms with Crippen LogP contribution in [0.25, 0.3) is 0 Å². The maximum absolute atomic E-state index is 11.5. The Bertz CT molecular complexity index is 506. The molecule has 19 heavy (non-hydrogen) atoms. The van der Waals surface area contributed by atoms with Crippen molar-refractivity contribution in [3.8, 4) is 0 Å². The number of piperazine rings is 1. The summed E-state index contributed by atoms with van der Waals surface area (Å²) in [7, 11) is 0. The molecule has 1 aromatic rings. The van der Waals surface area contributed by atoms with Crippen LogP contribution in [0.4, 0.5) is 11.6 Å². The first-order valence-electron chi connectivity index (χ1n) is 6.45. The van der Waals surface area contributed by atoms with Gasteiger partial charge in [0.25, 0.3) is 0 Å². The van der Waals surface area contributed by atoms with Crippen LogP contribution in [0.1, 0.15) is 32.2 Å². The molecule has 2 heterocycles. The number of carbonyl (C=O) groups is 1. The van der Waals surface area contributed by atoms with Gasteiger partial charge in [-0.25, -0.2) is 9.97 Å². The zero-order valence-electron chi connectivity index (χ0n) is 11.9. The summed E-state index contributed by atoms with van der Waals surface area (Å²) in [4.78, 5) is 22.4. The number of nitrogens with zero attached hydrogens (tertiary/aromatic N) is 3. The van der Waals surface area contributed by atoms with Gasteiger partial charge in [0.1, 0.15) is 17.5 Å². The van der Waals surface area contributed by atoms with E-state index in [1.807, 2.05) is 32.6 Å². The highest BCUT2D eigenvalue weighted by Crippen LogP contribution is 2.27. The van der Waals surface area contributed by atoms with Crippen LogP contribution >= 0.6 is 0 Å². The molecule has 0 atom stereocenters. The van der Waals surface area contributed by atoms with Crippen molar-refractivity contribution in [2.75, 3.05) is 30.3 Å². The molecule has 0 spiro atoms. The van der Waals surface area contributed by atoms with Gasteiger partial charge < -0.3 is 16.0 Å². The molecular weight excluding hydrogens is 242 g/mol. The Morgan fingerprint density at radius 3 is 2.58 bits per heavy atom. The molecule has 1 aliphatic heterocycles. The second-order valence-corrected chi connectivity index (χ2v) is 5.90. The van der Waals surface area contributed by atoms with Crippen LogP contribution in [0.5, 0.6) is 0 Å². The number of aromatic nitrogens is 2. The number of hydrogen-bond donors (Lipinski definition) is 2. The van der Waals surface area contributed by atoms with E-state index in [0.717, 1.165) is 17.9 Å². The van der Waals surface area contributed by atoms with Crippen molar-refractivity contribution in [3.63, 3.8) is 0 Å². The molecular formula is C13H21N5O. The minimum atomic E-state index is -0.172. The fourth-order valence-electron chi connectivity index (χ4n) is 1.98. The average molecular weight is 263 g/mol. The van der Waals surface area contributed by atoms with E-state index in [-0.39, 0.29) is 11.3 Å². The lowest BCUT2D eigenvalue weighted by Crippen LogP contribution is -2.48. The predicted octanol–water partition coefficient (Wildman–Crippen LogP) is 0.601. The van der Waals surface area contributed by atoms with Crippen LogP contribution in [0.15, 0.2) is 0 Å². The molecule has 6 nitrogen and oxygen atoms in total. The molecule has 0 aromatic carbocycles. The first-order valence-corrected chi connectivity index (χ1v) is 6.45. The maximum Gasteiger partial charge on any atom is 0.239 e. The van der Waals surface area contributed by atoms with E-state index in [1.54, 1.807) is 0 Å². The molecule has 0 aliphatic carbocycles. The summed E-state index contributed by atoms with van der Waals surface area (Å²) in [6.45, 7) is 9.72. The van der Waals surface area contributed by atoms with E-state index in [4.69, 9.17) is 5.73 Å². The topological polar surface area (TPSA) is 84.1 Å². The van der Waals surface area contributed by atoms with E-state index < -0.39 is 0 Å². The molecule has 0 unspecified atom stereocenters. The lowest BCUT2D eigenvalue weighted by Gasteiger charge is -2.30. The molecule has 6 heteroatoms. The van der Waals surface area contributed by atoms with Crippen LogP contribution in [0, 0.1) is 6.92 Å². The van der Waals surface area contributed by atoms with Gasteiger partial charge in [0, 0.05) is 24.1 Å². The molecule has 3 N–H and O–H groups in total. The Labute approximate surface area is 113 Å². The molecule has 0 saturated carbocycles. The van der Waals surface area contributed by atoms with Crippen LogP contribution in [-0.4, -0.2) is 35.5 Å². The molecule has 1 fully saturated rings. The van der Waals surface area contributed by atoms with Crippen molar-refractivity contribution in [3.05, 3.63) is 11.4 Å². The van der Waals surface area contributed by atoms with E-state index >= 15 is 0 Å². The van der Waals surface area contributed by atoms with E-state index in [9.17, 15) is 4.79 Å². The summed E-state index contributed by atoms with van der Waals surface area (Å²) < 4.78 is 0. The second-order valence-electron chi connectivity index (χ2n) is 5.90. The smallest absolute Gasteiger partial charge is 0.239 e. The van der Waals surface area contributed by atoms with Crippen molar-refractivity contribution in [2.45, 2.75) is 33.1 Å². The second kappa shape index (κ2) is 4.68. The lowest BCUT2D eigenvalue weighted by atomic mass is 9.95. The highest BCUT2D eigenvalue weighted by molar-refractivity contribution is 5.82. The molecule has 2 rings (SSSR count). The summed E-state index contributed by atoms with van der Waals surface area (Å²) in [5, 5.41) is 2.81. The Hall–Kier alpha value is -1.85. The molecule has 1 aliphatic rings. The molecule has 1 aromatic heterocycles. The van der Waals surface area contributed by atoms with Crippen molar-refractivity contribution in [1.29, 1.82) is 0 Å². The monoisotopic (exact) mass is 263 g/mol. The summed E-state index contributed by atoms with van der Waals surface area (Å²) in [5.74, 6) is 1.98. The third-order valence-corrected chi connectivity index (χ3v) is 3.17.